The molecule has 1 saturated heterocycles. The summed E-state index contributed by atoms with van der Waals surface area (Å²) in [6.07, 6.45) is 1.38. The van der Waals surface area contributed by atoms with Gasteiger partial charge in [0.1, 0.15) is 0 Å². The summed E-state index contributed by atoms with van der Waals surface area (Å²) in [4.78, 5) is 2.55. The molecule has 0 radical (unpaired) electrons. The zero-order chi connectivity index (χ0) is 7.56. The monoisotopic (exact) mass is 205 g/mol. The third kappa shape index (κ3) is 1.96. The van der Waals surface area contributed by atoms with Gasteiger partial charge in [-0.15, -0.1) is 0 Å². The van der Waals surface area contributed by atoms with Crippen LogP contribution in [0.3, 0.4) is 0 Å². The van der Waals surface area contributed by atoms with E-state index in [9.17, 15) is 0 Å². The number of nitrogens with zero attached hydrogens (tertiary/aromatic N) is 1. The van der Waals surface area contributed by atoms with E-state index >= 15 is 0 Å². The van der Waals surface area contributed by atoms with Crippen molar-refractivity contribution in [2.75, 3.05) is 18.4 Å². The van der Waals surface area contributed by atoms with Crippen LogP contribution >= 0.6 is 15.9 Å². The van der Waals surface area contributed by atoms with Crippen molar-refractivity contribution >= 4 is 15.9 Å². The van der Waals surface area contributed by atoms with E-state index in [1.807, 2.05) is 0 Å². The van der Waals surface area contributed by atoms with E-state index in [4.69, 9.17) is 0 Å². The molecule has 0 N–H and O–H groups in total. The van der Waals surface area contributed by atoms with Crippen LogP contribution in [-0.4, -0.2) is 29.4 Å². The molecule has 0 saturated carbocycles. The van der Waals surface area contributed by atoms with Gasteiger partial charge >= 0.3 is 0 Å². The molecule has 0 spiro atoms. The standard InChI is InChI=1S/C8H16BrN/c1-7(2)10-4-3-8(5-9)6-10/h7-8H,3-6H2,1-2H3/t8-/m0/s1. The lowest BCUT2D eigenvalue weighted by Gasteiger charge is -2.19. The van der Waals surface area contributed by atoms with Gasteiger partial charge in [-0.05, 0) is 32.7 Å². The molecule has 1 nitrogen and oxygen atoms in total. The molecule has 10 heavy (non-hydrogen) atoms. The molecule has 0 aliphatic carbocycles. The van der Waals surface area contributed by atoms with Gasteiger partial charge in [-0.1, -0.05) is 15.9 Å². The quantitative estimate of drug-likeness (QED) is 0.625. The number of hydrogen-bond donors (Lipinski definition) is 0. The summed E-state index contributed by atoms with van der Waals surface area (Å²) in [6.45, 7) is 7.14. The molecule has 1 atom stereocenters. The highest BCUT2D eigenvalue weighted by Gasteiger charge is 2.22. The highest BCUT2D eigenvalue weighted by atomic mass is 79.9. The summed E-state index contributed by atoms with van der Waals surface area (Å²) in [5.74, 6) is 0.905. The second-order valence-corrected chi connectivity index (χ2v) is 4.05. The Morgan fingerprint density at radius 2 is 2.30 bits per heavy atom. The number of likely N-dealkylation sites (tertiary alicyclic amines) is 1. The van der Waals surface area contributed by atoms with Gasteiger partial charge in [0.2, 0.25) is 0 Å². The highest BCUT2D eigenvalue weighted by Crippen LogP contribution is 2.19. The van der Waals surface area contributed by atoms with Crippen LogP contribution in [0, 0.1) is 5.92 Å². The predicted molar refractivity (Wildman–Crippen MR) is 48.6 cm³/mol. The number of alkyl halides is 1. The molecule has 0 aromatic heterocycles. The van der Waals surface area contributed by atoms with Gasteiger partial charge < -0.3 is 4.90 Å². The highest BCUT2D eigenvalue weighted by molar-refractivity contribution is 9.09. The van der Waals surface area contributed by atoms with E-state index in [-0.39, 0.29) is 0 Å². The van der Waals surface area contributed by atoms with Gasteiger partial charge in [0.05, 0.1) is 0 Å². The minimum Gasteiger partial charge on any atom is -0.301 e. The number of rotatable bonds is 2. The van der Waals surface area contributed by atoms with Gasteiger partial charge in [0, 0.05) is 17.9 Å². The van der Waals surface area contributed by atoms with Gasteiger partial charge in [-0.2, -0.15) is 0 Å². The third-order valence-electron chi connectivity index (χ3n) is 2.27. The van der Waals surface area contributed by atoms with Crippen LogP contribution in [0.4, 0.5) is 0 Å². The van der Waals surface area contributed by atoms with Gasteiger partial charge in [0.25, 0.3) is 0 Å². The lowest BCUT2D eigenvalue weighted by atomic mass is 10.2. The zero-order valence-electron chi connectivity index (χ0n) is 6.81. The van der Waals surface area contributed by atoms with Crippen LogP contribution in [0.25, 0.3) is 0 Å². The first-order valence-corrected chi connectivity index (χ1v) is 5.16. The van der Waals surface area contributed by atoms with Crippen molar-refractivity contribution in [3.63, 3.8) is 0 Å². The molecule has 60 valence electrons. The third-order valence-corrected chi connectivity index (χ3v) is 3.18. The van der Waals surface area contributed by atoms with Crippen molar-refractivity contribution in [2.45, 2.75) is 26.3 Å². The fraction of sp³-hybridized carbons (Fsp3) is 1.00. The molecule has 0 bridgehead atoms. The maximum absolute atomic E-state index is 3.53. The number of hydrogen-bond acceptors (Lipinski definition) is 1. The summed E-state index contributed by atoms with van der Waals surface area (Å²) in [5, 5.41) is 1.18. The second kappa shape index (κ2) is 3.72. The van der Waals surface area contributed by atoms with Crippen LogP contribution in [0.1, 0.15) is 20.3 Å². The van der Waals surface area contributed by atoms with E-state index in [0.717, 1.165) is 12.0 Å². The predicted octanol–water partition coefficient (Wildman–Crippen LogP) is 2.11. The Labute approximate surface area is 71.9 Å². The SMILES string of the molecule is CC(C)N1CC[C@@H](CBr)C1. The van der Waals surface area contributed by atoms with Crippen molar-refractivity contribution in [2.24, 2.45) is 5.92 Å². The lowest BCUT2D eigenvalue weighted by Crippen LogP contribution is -2.28. The largest absolute Gasteiger partial charge is 0.301 e. The van der Waals surface area contributed by atoms with Crippen molar-refractivity contribution in [1.82, 2.24) is 4.90 Å². The Morgan fingerprint density at radius 1 is 1.60 bits per heavy atom. The maximum atomic E-state index is 3.53. The Bertz CT molecular complexity index is 103. The maximum Gasteiger partial charge on any atom is 0.00723 e. The average Bonchev–Trinajstić information content (AvgIpc) is 2.34. The molecule has 2 heteroatoms. The van der Waals surface area contributed by atoms with Crippen molar-refractivity contribution in [3.05, 3.63) is 0 Å². The number of halogens is 1. The van der Waals surface area contributed by atoms with Crippen LogP contribution in [-0.2, 0) is 0 Å². The molecule has 1 rings (SSSR count). The van der Waals surface area contributed by atoms with Crippen LogP contribution in [0.15, 0.2) is 0 Å². The van der Waals surface area contributed by atoms with Crippen molar-refractivity contribution in [1.29, 1.82) is 0 Å². The molecule has 1 aliphatic heterocycles. The normalized spacial score (nSPS) is 28.2. The zero-order valence-corrected chi connectivity index (χ0v) is 8.39. The molecule has 1 heterocycles. The smallest absolute Gasteiger partial charge is 0.00723 e. The van der Waals surface area contributed by atoms with Crippen LogP contribution < -0.4 is 0 Å². The molecular formula is C8H16BrN. The van der Waals surface area contributed by atoms with E-state index in [1.165, 1.54) is 24.8 Å². The minimum absolute atomic E-state index is 0.740. The Hall–Kier alpha value is 0.440. The second-order valence-electron chi connectivity index (χ2n) is 3.40. The van der Waals surface area contributed by atoms with E-state index in [2.05, 4.69) is 34.7 Å². The molecule has 1 fully saturated rings. The molecule has 0 aromatic rings. The fourth-order valence-electron chi connectivity index (χ4n) is 1.46. The van der Waals surface area contributed by atoms with Gasteiger partial charge in [-0.3, -0.25) is 0 Å². The lowest BCUT2D eigenvalue weighted by molar-refractivity contribution is 0.268. The van der Waals surface area contributed by atoms with E-state index in [1.54, 1.807) is 0 Å². The first kappa shape index (κ1) is 8.54. The molecule has 0 amide bonds. The van der Waals surface area contributed by atoms with E-state index in [0.29, 0.717) is 0 Å². The van der Waals surface area contributed by atoms with Crippen LogP contribution in [0.2, 0.25) is 0 Å². The Kier molecular flexibility index (Phi) is 3.18. The molecular weight excluding hydrogens is 190 g/mol. The molecule has 0 aromatic carbocycles. The van der Waals surface area contributed by atoms with Gasteiger partial charge in [0.15, 0.2) is 0 Å². The topological polar surface area (TPSA) is 3.24 Å². The summed E-state index contributed by atoms with van der Waals surface area (Å²) in [6, 6.07) is 0.740. The van der Waals surface area contributed by atoms with Crippen LogP contribution in [0.5, 0.6) is 0 Å². The summed E-state index contributed by atoms with van der Waals surface area (Å²) in [5.41, 5.74) is 0. The first-order valence-electron chi connectivity index (χ1n) is 4.04. The summed E-state index contributed by atoms with van der Waals surface area (Å²) >= 11 is 3.53. The fourth-order valence-corrected chi connectivity index (χ4v) is 1.99. The van der Waals surface area contributed by atoms with Crippen molar-refractivity contribution < 1.29 is 0 Å². The minimum atomic E-state index is 0.740. The van der Waals surface area contributed by atoms with Crippen molar-refractivity contribution in [3.8, 4) is 0 Å². The first-order chi connectivity index (χ1) is 4.74. The summed E-state index contributed by atoms with van der Waals surface area (Å²) in [7, 11) is 0. The van der Waals surface area contributed by atoms with Gasteiger partial charge in [-0.25, -0.2) is 0 Å². The Balaban J connectivity index is 2.28. The van der Waals surface area contributed by atoms with E-state index < -0.39 is 0 Å². The average molecular weight is 206 g/mol. The molecule has 1 aliphatic rings. The molecule has 0 unspecified atom stereocenters. The summed E-state index contributed by atoms with van der Waals surface area (Å²) < 4.78 is 0. The Morgan fingerprint density at radius 3 is 2.60 bits per heavy atom.